The zero-order valence-corrected chi connectivity index (χ0v) is 12.9. The fourth-order valence-corrected chi connectivity index (χ4v) is 4.39. The summed E-state index contributed by atoms with van der Waals surface area (Å²) in [5, 5.41) is 0.798. The van der Waals surface area contributed by atoms with Crippen LogP contribution in [0.2, 0.25) is 5.02 Å². The van der Waals surface area contributed by atoms with Gasteiger partial charge in [0.2, 0.25) is 0 Å². The second-order valence-corrected chi connectivity index (χ2v) is 7.61. The summed E-state index contributed by atoms with van der Waals surface area (Å²) in [6.07, 6.45) is 1.50. The van der Waals surface area contributed by atoms with Gasteiger partial charge in [-0.15, -0.1) is 11.3 Å². The van der Waals surface area contributed by atoms with Crippen molar-refractivity contribution in [3.05, 3.63) is 19.8 Å². The highest BCUT2D eigenvalue weighted by atomic mass is 79.9. The van der Waals surface area contributed by atoms with Gasteiger partial charge in [0.05, 0.1) is 26.3 Å². The molecule has 3 atom stereocenters. The molecule has 1 fully saturated rings. The number of hydrogen-bond acceptors (Lipinski definition) is 2. The summed E-state index contributed by atoms with van der Waals surface area (Å²) >= 11 is 14.9. The zero-order chi connectivity index (χ0) is 11.0. The minimum absolute atomic E-state index is 0.358. The van der Waals surface area contributed by atoms with Gasteiger partial charge in [-0.25, -0.2) is 0 Å². The molecular weight excluding hydrogens is 363 g/mol. The Bertz CT molecular complexity index is 336. The van der Waals surface area contributed by atoms with Crippen LogP contribution in [0.1, 0.15) is 23.0 Å². The monoisotopic (exact) mass is 372 g/mol. The van der Waals surface area contributed by atoms with Gasteiger partial charge in [0.1, 0.15) is 0 Å². The van der Waals surface area contributed by atoms with Gasteiger partial charge in [-0.2, -0.15) is 0 Å². The molecule has 1 aromatic heterocycles. The van der Waals surface area contributed by atoms with Crippen LogP contribution >= 0.6 is 54.8 Å². The number of ether oxygens (including phenoxy) is 1. The van der Waals surface area contributed by atoms with E-state index in [1.54, 1.807) is 11.3 Å². The minimum atomic E-state index is 0.358. The average Bonchev–Trinajstić information content (AvgIpc) is 2.74. The molecule has 0 aliphatic carbocycles. The van der Waals surface area contributed by atoms with E-state index in [1.807, 2.05) is 6.07 Å². The van der Waals surface area contributed by atoms with E-state index in [9.17, 15) is 0 Å². The Morgan fingerprint density at radius 2 is 2.40 bits per heavy atom. The van der Waals surface area contributed by atoms with Crippen molar-refractivity contribution in [3.63, 3.8) is 0 Å². The second-order valence-electron chi connectivity index (χ2n) is 3.81. The van der Waals surface area contributed by atoms with Crippen LogP contribution in [0, 0.1) is 5.92 Å². The predicted molar refractivity (Wildman–Crippen MR) is 72.2 cm³/mol. The first-order valence-electron chi connectivity index (χ1n) is 4.78. The van der Waals surface area contributed by atoms with Crippen molar-refractivity contribution in [1.29, 1.82) is 0 Å². The number of alkyl halides is 1. The Hall–Kier alpha value is 0.910. The molecule has 0 N–H and O–H groups in total. The molecule has 0 spiro atoms. The molecule has 2 heterocycles. The quantitative estimate of drug-likeness (QED) is 0.660. The lowest BCUT2D eigenvalue weighted by molar-refractivity contribution is 0.120. The molecule has 1 aliphatic rings. The smallest absolute Gasteiger partial charge is 0.0887 e. The van der Waals surface area contributed by atoms with E-state index in [0.717, 1.165) is 21.8 Å². The number of rotatable bonds is 2. The molecule has 5 heteroatoms. The lowest BCUT2D eigenvalue weighted by atomic mass is 10.0. The summed E-state index contributed by atoms with van der Waals surface area (Å²) in [5.74, 6) is 0.557. The molecule has 1 saturated heterocycles. The molecule has 0 amide bonds. The molecular formula is C10H11Br2ClOS. The van der Waals surface area contributed by atoms with Crippen molar-refractivity contribution in [1.82, 2.24) is 0 Å². The van der Waals surface area contributed by atoms with Crippen LogP contribution in [-0.4, -0.2) is 12.7 Å². The fraction of sp³-hybridized carbons (Fsp3) is 0.600. The van der Waals surface area contributed by atoms with Gasteiger partial charge in [-0.1, -0.05) is 27.5 Å². The molecule has 15 heavy (non-hydrogen) atoms. The third kappa shape index (κ3) is 2.78. The minimum Gasteiger partial charge on any atom is -0.378 e. The normalized spacial score (nSPS) is 28.3. The fourth-order valence-electron chi connectivity index (χ4n) is 1.79. The number of hydrogen-bond donors (Lipinski definition) is 0. The van der Waals surface area contributed by atoms with E-state index in [-0.39, 0.29) is 0 Å². The molecule has 0 saturated carbocycles. The standard InChI is InChI=1S/C10H11Br2ClOS/c1-5-2-6(4-14-5)9(11)8-3-7(13)10(12)15-8/h3,5-6,9H,2,4H2,1H3. The van der Waals surface area contributed by atoms with Gasteiger partial charge in [0.15, 0.2) is 0 Å². The van der Waals surface area contributed by atoms with Gasteiger partial charge in [-0.05, 0) is 35.3 Å². The molecule has 1 aromatic rings. The SMILES string of the molecule is CC1CC(C(Br)c2cc(Cl)c(Br)s2)CO1. The van der Waals surface area contributed by atoms with Crippen molar-refractivity contribution in [2.24, 2.45) is 5.92 Å². The molecule has 3 unspecified atom stereocenters. The summed E-state index contributed by atoms with van der Waals surface area (Å²) in [6, 6.07) is 2.03. The van der Waals surface area contributed by atoms with Gasteiger partial charge < -0.3 is 4.74 Å². The van der Waals surface area contributed by atoms with E-state index in [4.69, 9.17) is 16.3 Å². The molecule has 1 aliphatic heterocycles. The van der Waals surface area contributed by atoms with Crippen LogP contribution < -0.4 is 0 Å². The zero-order valence-electron chi connectivity index (χ0n) is 8.17. The average molecular weight is 375 g/mol. The third-order valence-corrected chi connectivity index (χ3v) is 6.68. The van der Waals surface area contributed by atoms with Crippen molar-refractivity contribution in [2.75, 3.05) is 6.61 Å². The summed E-state index contributed by atoms with van der Waals surface area (Å²) < 4.78 is 6.58. The summed E-state index contributed by atoms with van der Waals surface area (Å²) in [5.41, 5.74) is 0. The Morgan fingerprint density at radius 3 is 2.87 bits per heavy atom. The maximum Gasteiger partial charge on any atom is 0.0887 e. The Morgan fingerprint density at radius 1 is 1.67 bits per heavy atom. The van der Waals surface area contributed by atoms with Crippen molar-refractivity contribution < 1.29 is 4.74 Å². The predicted octanol–water partition coefficient (Wildman–Crippen LogP) is 5.03. The number of halogens is 3. The topological polar surface area (TPSA) is 9.23 Å². The third-order valence-electron chi connectivity index (χ3n) is 2.58. The highest BCUT2D eigenvalue weighted by Crippen LogP contribution is 2.44. The maximum atomic E-state index is 6.02. The van der Waals surface area contributed by atoms with Crippen LogP contribution in [0.4, 0.5) is 0 Å². The lowest BCUT2D eigenvalue weighted by Crippen LogP contribution is -2.06. The van der Waals surface area contributed by atoms with Crippen LogP contribution in [-0.2, 0) is 4.74 Å². The van der Waals surface area contributed by atoms with Gasteiger partial charge in [0, 0.05) is 10.8 Å². The van der Waals surface area contributed by atoms with E-state index >= 15 is 0 Å². The number of thiophene rings is 1. The molecule has 0 radical (unpaired) electrons. The molecule has 0 bridgehead atoms. The molecule has 2 rings (SSSR count). The Kier molecular flexibility index (Phi) is 4.16. The first-order chi connectivity index (χ1) is 7.08. The van der Waals surface area contributed by atoms with Crippen LogP contribution in [0.25, 0.3) is 0 Å². The van der Waals surface area contributed by atoms with Crippen molar-refractivity contribution in [2.45, 2.75) is 24.3 Å². The molecule has 84 valence electrons. The van der Waals surface area contributed by atoms with E-state index in [0.29, 0.717) is 16.8 Å². The Balaban J connectivity index is 2.10. The molecule has 0 aromatic carbocycles. The van der Waals surface area contributed by atoms with Gasteiger partial charge in [-0.3, -0.25) is 0 Å². The van der Waals surface area contributed by atoms with Gasteiger partial charge in [0.25, 0.3) is 0 Å². The van der Waals surface area contributed by atoms with Crippen LogP contribution in [0.15, 0.2) is 9.85 Å². The summed E-state index contributed by atoms with van der Waals surface area (Å²) in [4.78, 5) is 1.63. The first-order valence-corrected chi connectivity index (χ1v) is 7.68. The largest absolute Gasteiger partial charge is 0.378 e. The lowest BCUT2D eigenvalue weighted by Gasteiger charge is -2.13. The highest BCUT2D eigenvalue weighted by molar-refractivity contribution is 9.11. The van der Waals surface area contributed by atoms with Gasteiger partial charge >= 0.3 is 0 Å². The second kappa shape index (κ2) is 5.05. The van der Waals surface area contributed by atoms with E-state index in [2.05, 4.69) is 38.8 Å². The van der Waals surface area contributed by atoms with Crippen LogP contribution in [0.3, 0.4) is 0 Å². The summed E-state index contributed by atoms with van der Waals surface area (Å²) in [7, 11) is 0. The molecule has 1 nitrogen and oxygen atoms in total. The van der Waals surface area contributed by atoms with E-state index < -0.39 is 0 Å². The Labute approximate surface area is 115 Å². The maximum absolute atomic E-state index is 6.02. The van der Waals surface area contributed by atoms with Crippen LogP contribution in [0.5, 0.6) is 0 Å². The first kappa shape index (κ1) is 12.4. The van der Waals surface area contributed by atoms with Crippen molar-refractivity contribution in [3.8, 4) is 0 Å². The van der Waals surface area contributed by atoms with Crippen molar-refractivity contribution >= 4 is 54.8 Å². The summed E-state index contributed by atoms with van der Waals surface area (Å²) in [6.45, 7) is 2.96. The highest BCUT2D eigenvalue weighted by Gasteiger charge is 2.30. The van der Waals surface area contributed by atoms with E-state index in [1.165, 1.54) is 4.88 Å².